The molecule has 0 bridgehead atoms. The molecule has 2 nitrogen and oxygen atoms in total. The summed E-state index contributed by atoms with van der Waals surface area (Å²) >= 11 is 5.83. The molecule has 16 heavy (non-hydrogen) atoms. The minimum Gasteiger partial charge on any atom is -0.474 e. The Kier molecular flexibility index (Phi) is 4.05. The molecular weight excluding hydrogens is 222 g/mol. The van der Waals surface area contributed by atoms with Crippen molar-refractivity contribution in [2.45, 2.75) is 51.0 Å². The van der Waals surface area contributed by atoms with Gasteiger partial charge in [0.05, 0.1) is 0 Å². The summed E-state index contributed by atoms with van der Waals surface area (Å²) in [5.41, 5.74) is 2.06. The van der Waals surface area contributed by atoms with Gasteiger partial charge in [-0.2, -0.15) is 0 Å². The molecule has 1 fully saturated rings. The predicted octanol–water partition coefficient (Wildman–Crippen LogP) is 3.84. The Labute approximate surface area is 102 Å². The normalized spacial score (nSPS) is 17.4. The van der Waals surface area contributed by atoms with Crippen LogP contribution >= 0.6 is 11.6 Å². The summed E-state index contributed by atoms with van der Waals surface area (Å²) in [5, 5.41) is 0. The molecule has 3 heteroatoms. The van der Waals surface area contributed by atoms with Gasteiger partial charge < -0.3 is 4.74 Å². The van der Waals surface area contributed by atoms with Crippen molar-refractivity contribution in [1.82, 2.24) is 4.98 Å². The van der Waals surface area contributed by atoms with Crippen LogP contribution in [0.5, 0.6) is 5.88 Å². The minimum absolute atomic E-state index is 0.353. The van der Waals surface area contributed by atoms with Gasteiger partial charge in [0.15, 0.2) is 0 Å². The maximum Gasteiger partial charge on any atom is 0.214 e. The lowest BCUT2D eigenvalue weighted by atomic mass is 9.98. The van der Waals surface area contributed by atoms with Gasteiger partial charge in [-0.25, -0.2) is 4.98 Å². The highest BCUT2D eigenvalue weighted by Gasteiger charge is 2.15. The molecule has 1 saturated carbocycles. The standard InChI is InChI=1S/C13H18ClNO/c1-10-7-11(9-14)8-13(15-10)16-12-5-3-2-4-6-12/h7-8,12H,2-6,9H2,1H3. The van der Waals surface area contributed by atoms with Gasteiger partial charge in [-0.3, -0.25) is 0 Å². The molecule has 0 spiro atoms. The molecule has 0 aromatic carbocycles. The van der Waals surface area contributed by atoms with Gasteiger partial charge in [0, 0.05) is 17.6 Å². The van der Waals surface area contributed by atoms with Crippen LogP contribution in [-0.2, 0) is 5.88 Å². The molecule has 0 amide bonds. The van der Waals surface area contributed by atoms with Gasteiger partial charge in [0.2, 0.25) is 5.88 Å². The zero-order valence-corrected chi connectivity index (χ0v) is 10.5. The first-order chi connectivity index (χ1) is 7.78. The summed E-state index contributed by atoms with van der Waals surface area (Å²) < 4.78 is 5.91. The van der Waals surface area contributed by atoms with E-state index in [1.807, 2.05) is 19.1 Å². The third kappa shape index (κ3) is 3.11. The fourth-order valence-corrected chi connectivity index (χ4v) is 2.35. The first-order valence-electron chi connectivity index (χ1n) is 5.98. The van der Waals surface area contributed by atoms with E-state index in [2.05, 4.69) is 4.98 Å². The van der Waals surface area contributed by atoms with Gasteiger partial charge in [0.25, 0.3) is 0 Å². The van der Waals surface area contributed by atoms with E-state index in [9.17, 15) is 0 Å². The zero-order chi connectivity index (χ0) is 11.4. The number of ether oxygens (including phenoxy) is 1. The van der Waals surface area contributed by atoms with Crippen molar-refractivity contribution in [2.75, 3.05) is 0 Å². The van der Waals surface area contributed by atoms with Crippen LogP contribution < -0.4 is 4.74 Å². The van der Waals surface area contributed by atoms with Crippen molar-refractivity contribution in [3.05, 3.63) is 23.4 Å². The van der Waals surface area contributed by atoms with Crippen molar-refractivity contribution < 1.29 is 4.74 Å². The molecule has 0 atom stereocenters. The molecule has 0 saturated heterocycles. The van der Waals surface area contributed by atoms with Crippen molar-refractivity contribution >= 4 is 11.6 Å². The SMILES string of the molecule is Cc1cc(CCl)cc(OC2CCCCC2)n1. The van der Waals surface area contributed by atoms with Crippen molar-refractivity contribution in [3.63, 3.8) is 0 Å². The van der Waals surface area contributed by atoms with Crippen LogP contribution in [0.2, 0.25) is 0 Å². The summed E-state index contributed by atoms with van der Waals surface area (Å²) in [6.07, 6.45) is 6.56. The van der Waals surface area contributed by atoms with Crippen LogP contribution in [-0.4, -0.2) is 11.1 Å². The lowest BCUT2D eigenvalue weighted by Crippen LogP contribution is -2.20. The maximum absolute atomic E-state index is 5.91. The van der Waals surface area contributed by atoms with Crippen LogP contribution in [0.4, 0.5) is 0 Å². The highest BCUT2D eigenvalue weighted by molar-refractivity contribution is 6.17. The molecule has 1 aromatic rings. The summed E-state index contributed by atoms with van der Waals surface area (Å²) in [6, 6.07) is 3.95. The largest absolute Gasteiger partial charge is 0.474 e. The molecule has 1 heterocycles. The smallest absolute Gasteiger partial charge is 0.214 e. The number of pyridine rings is 1. The Morgan fingerprint density at radius 3 is 2.75 bits per heavy atom. The van der Waals surface area contributed by atoms with E-state index in [0.717, 1.165) is 30.0 Å². The molecule has 88 valence electrons. The summed E-state index contributed by atoms with van der Waals surface area (Å²) in [4.78, 5) is 4.40. The monoisotopic (exact) mass is 239 g/mol. The minimum atomic E-state index is 0.353. The van der Waals surface area contributed by atoms with E-state index in [1.54, 1.807) is 0 Å². The number of nitrogens with zero attached hydrogens (tertiary/aromatic N) is 1. The van der Waals surface area contributed by atoms with E-state index in [0.29, 0.717) is 12.0 Å². The van der Waals surface area contributed by atoms with Crippen molar-refractivity contribution in [1.29, 1.82) is 0 Å². The van der Waals surface area contributed by atoms with E-state index in [1.165, 1.54) is 19.3 Å². The summed E-state index contributed by atoms with van der Waals surface area (Å²) in [6.45, 7) is 1.98. The van der Waals surface area contributed by atoms with Crippen LogP contribution in [0.15, 0.2) is 12.1 Å². The number of rotatable bonds is 3. The lowest BCUT2D eigenvalue weighted by molar-refractivity contribution is 0.148. The van der Waals surface area contributed by atoms with E-state index >= 15 is 0 Å². The van der Waals surface area contributed by atoms with Gasteiger partial charge in [-0.15, -0.1) is 11.6 Å². The number of aromatic nitrogens is 1. The summed E-state index contributed by atoms with van der Waals surface area (Å²) in [7, 11) is 0. The number of alkyl halides is 1. The van der Waals surface area contributed by atoms with Crippen LogP contribution in [0.3, 0.4) is 0 Å². The highest BCUT2D eigenvalue weighted by atomic mass is 35.5. The molecule has 0 unspecified atom stereocenters. The van der Waals surface area contributed by atoms with E-state index in [-0.39, 0.29) is 0 Å². The molecule has 2 rings (SSSR count). The third-order valence-corrected chi connectivity index (χ3v) is 3.29. The highest BCUT2D eigenvalue weighted by Crippen LogP contribution is 2.23. The lowest BCUT2D eigenvalue weighted by Gasteiger charge is -2.22. The van der Waals surface area contributed by atoms with E-state index < -0.39 is 0 Å². The first kappa shape index (κ1) is 11.7. The number of hydrogen-bond donors (Lipinski definition) is 0. The Morgan fingerprint density at radius 1 is 1.31 bits per heavy atom. The Hall–Kier alpha value is -0.760. The number of hydrogen-bond acceptors (Lipinski definition) is 2. The molecule has 0 aliphatic heterocycles. The van der Waals surface area contributed by atoms with Gasteiger partial charge in [-0.1, -0.05) is 6.42 Å². The average Bonchev–Trinajstić information content (AvgIpc) is 2.29. The molecule has 1 aromatic heterocycles. The second kappa shape index (κ2) is 5.53. The average molecular weight is 240 g/mol. The van der Waals surface area contributed by atoms with Crippen LogP contribution in [0.1, 0.15) is 43.4 Å². The van der Waals surface area contributed by atoms with Crippen molar-refractivity contribution in [2.24, 2.45) is 0 Å². The number of aryl methyl sites for hydroxylation is 1. The summed E-state index contributed by atoms with van der Waals surface area (Å²) in [5.74, 6) is 1.26. The molecule has 1 aliphatic rings. The topological polar surface area (TPSA) is 22.1 Å². The predicted molar refractivity (Wildman–Crippen MR) is 66.0 cm³/mol. The first-order valence-corrected chi connectivity index (χ1v) is 6.51. The molecule has 0 radical (unpaired) electrons. The Balaban J connectivity index is 2.04. The van der Waals surface area contributed by atoms with Gasteiger partial charge in [-0.05, 0) is 44.2 Å². The molecule has 1 aliphatic carbocycles. The van der Waals surface area contributed by atoms with Crippen molar-refractivity contribution in [3.8, 4) is 5.88 Å². The quantitative estimate of drug-likeness (QED) is 0.748. The molecular formula is C13H18ClNO. The second-order valence-corrected chi connectivity index (χ2v) is 4.73. The number of halogens is 1. The van der Waals surface area contributed by atoms with Crippen LogP contribution in [0, 0.1) is 6.92 Å². The maximum atomic E-state index is 5.91. The zero-order valence-electron chi connectivity index (χ0n) is 9.71. The molecule has 0 N–H and O–H groups in total. The third-order valence-electron chi connectivity index (χ3n) is 2.98. The fourth-order valence-electron chi connectivity index (χ4n) is 2.20. The van der Waals surface area contributed by atoms with Gasteiger partial charge >= 0.3 is 0 Å². The Morgan fingerprint density at radius 2 is 2.06 bits per heavy atom. The van der Waals surface area contributed by atoms with Gasteiger partial charge in [0.1, 0.15) is 6.10 Å². The Bertz CT molecular complexity index is 348. The van der Waals surface area contributed by atoms with E-state index in [4.69, 9.17) is 16.3 Å². The second-order valence-electron chi connectivity index (χ2n) is 4.47. The van der Waals surface area contributed by atoms with Crippen LogP contribution in [0.25, 0.3) is 0 Å². The fraction of sp³-hybridized carbons (Fsp3) is 0.615.